The second-order valence-electron chi connectivity index (χ2n) is 7.75. The summed E-state index contributed by atoms with van der Waals surface area (Å²) in [6.45, 7) is 3.78. The van der Waals surface area contributed by atoms with Crippen molar-refractivity contribution in [1.82, 2.24) is 9.88 Å². The maximum absolute atomic E-state index is 13.5. The molecule has 196 valence electrons. The molecule has 0 spiro atoms. The number of anilines is 1. The smallest absolute Gasteiger partial charge is 0.393 e. The van der Waals surface area contributed by atoms with Crippen LogP contribution in [-0.4, -0.2) is 45.6 Å². The first-order valence-electron chi connectivity index (χ1n) is 9.93. The molecule has 3 N–H and O–H groups in total. The normalized spacial score (nSPS) is 13.6. The van der Waals surface area contributed by atoms with E-state index in [1.807, 2.05) is 0 Å². The molecule has 0 radical (unpaired) electrons. The third-order valence-corrected chi connectivity index (χ3v) is 5.55. The Labute approximate surface area is 199 Å². The standard InChI is InChI=1S/C22H20F7N3O4/c1-5-20(9-33,22(27,28)29)31-19(36)17(34)15-10(2)16(32(4)11(15)3)18(35)30-12-6-7-14(23)13(8-12)21(24,25)26/h5-8,33H,1,9H2,2-4H3,(H,30,35)(H,31,36)/t20-/m1/s1. The van der Waals surface area contributed by atoms with Gasteiger partial charge in [-0.1, -0.05) is 6.08 Å². The monoisotopic (exact) mass is 523 g/mol. The number of benzene rings is 1. The van der Waals surface area contributed by atoms with E-state index in [1.165, 1.54) is 26.2 Å². The average molecular weight is 523 g/mol. The Hall–Kier alpha value is -3.68. The van der Waals surface area contributed by atoms with Crippen LogP contribution < -0.4 is 10.6 Å². The minimum absolute atomic E-state index is 0.0203. The molecule has 7 nitrogen and oxygen atoms in total. The van der Waals surface area contributed by atoms with Crippen LogP contribution in [-0.2, 0) is 18.0 Å². The Morgan fingerprint density at radius 2 is 1.69 bits per heavy atom. The molecule has 0 saturated carbocycles. The molecule has 36 heavy (non-hydrogen) atoms. The van der Waals surface area contributed by atoms with Crippen molar-refractivity contribution in [2.45, 2.75) is 31.7 Å². The van der Waals surface area contributed by atoms with Crippen molar-refractivity contribution < 1.29 is 50.2 Å². The lowest BCUT2D eigenvalue weighted by Gasteiger charge is -2.31. The predicted molar refractivity (Wildman–Crippen MR) is 113 cm³/mol. The summed E-state index contributed by atoms with van der Waals surface area (Å²) in [6, 6.07) is 1.72. The van der Waals surface area contributed by atoms with Gasteiger partial charge >= 0.3 is 12.4 Å². The van der Waals surface area contributed by atoms with Gasteiger partial charge < -0.3 is 20.3 Å². The molecule has 1 heterocycles. The summed E-state index contributed by atoms with van der Waals surface area (Å²) in [4.78, 5) is 38.0. The Balaban J connectivity index is 2.43. The molecule has 2 rings (SSSR count). The molecule has 1 aromatic heterocycles. The van der Waals surface area contributed by atoms with Gasteiger partial charge in [0.15, 0.2) is 5.54 Å². The number of nitrogens with zero attached hydrogens (tertiary/aromatic N) is 1. The second-order valence-corrected chi connectivity index (χ2v) is 7.75. The number of hydrogen-bond donors (Lipinski definition) is 3. The highest BCUT2D eigenvalue weighted by Gasteiger charge is 2.54. The number of carbonyl (C=O) groups excluding carboxylic acids is 3. The Morgan fingerprint density at radius 1 is 1.11 bits per heavy atom. The van der Waals surface area contributed by atoms with Crippen LogP contribution in [0.15, 0.2) is 30.9 Å². The van der Waals surface area contributed by atoms with Gasteiger partial charge in [-0.3, -0.25) is 14.4 Å². The fraction of sp³-hybridized carbons (Fsp3) is 0.318. The highest BCUT2D eigenvalue weighted by atomic mass is 19.4. The zero-order chi connectivity index (χ0) is 27.8. The number of rotatable bonds is 7. The lowest BCUT2D eigenvalue weighted by molar-refractivity contribution is -0.192. The van der Waals surface area contributed by atoms with Gasteiger partial charge in [-0.05, 0) is 37.6 Å². The number of carbonyl (C=O) groups is 3. The summed E-state index contributed by atoms with van der Waals surface area (Å²) in [7, 11) is 1.27. The van der Waals surface area contributed by atoms with Gasteiger partial charge in [0.2, 0.25) is 0 Å². The molecular weight excluding hydrogens is 503 g/mol. The summed E-state index contributed by atoms with van der Waals surface area (Å²) in [6.07, 6.45) is -10.0. The number of nitrogens with one attached hydrogen (secondary N) is 2. The maximum Gasteiger partial charge on any atom is 0.419 e. The van der Waals surface area contributed by atoms with E-state index >= 15 is 0 Å². The van der Waals surface area contributed by atoms with E-state index in [0.29, 0.717) is 12.1 Å². The van der Waals surface area contributed by atoms with E-state index in [1.54, 1.807) is 0 Å². The molecule has 1 aromatic carbocycles. The summed E-state index contributed by atoms with van der Waals surface area (Å²) in [5, 5.41) is 12.7. The van der Waals surface area contributed by atoms with Crippen molar-refractivity contribution in [2.75, 3.05) is 11.9 Å². The fourth-order valence-corrected chi connectivity index (χ4v) is 3.45. The topological polar surface area (TPSA) is 100 Å². The van der Waals surface area contributed by atoms with Gasteiger partial charge in [0, 0.05) is 18.4 Å². The van der Waals surface area contributed by atoms with Crippen molar-refractivity contribution >= 4 is 23.3 Å². The molecule has 1 atom stereocenters. The number of aliphatic hydroxyl groups excluding tert-OH is 1. The number of alkyl halides is 6. The summed E-state index contributed by atoms with van der Waals surface area (Å²) < 4.78 is 93.6. The SMILES string of the molecule is C=C[C@](CO)(NC(=O)C(=O)c1c(C)c(C(=O)Nc2ccc(F)c(C(F)(F)F)c2)n(C)c1C)C(F)(F)F. The number of ketones is 1. The van der Waals surface area contributed by atoms with Crippen LogP contribution in [0.5, 0.6) is 0 Å². The Morgan fingerprint density at radius 3 is 2.17 bits per heavy atom. The first-order chi connectivity index (χ1) is 16.4. The van der Waals surface area contributed by atoms with Crippen LogP contribution in [0.4, 0.5) is 36.4 Å². The molecule has 0 fully saturated rings. The van der Waals surface area contributed by atoms with E-state index in [9.17, 15) is 50.2 Å². The van der Waals surface area contributed by atoms with E-state index in [4.69, 9.17) is 0 Å². The lowest BCUT2D eigenvalue weighted by Crippen LogP contribution is -2.61. The second kappa shape index (κ2) is 9.76. The molecule has 0 aliphatic carbocycles. The highest BCUT2D eigenvalue weighted by Crippen LogP contribution is 2.34. The minimum Gasteiger partial charge on any atom is -0.393 e. The van der Waals surface area contributed by atoms with E-state index in [2.05, 4.69) is 11.9 Å². The molecule has 0 bridgehead atoms. The van der Waals surface area contributed by atoms with Crippen molar-refractivity contribution in [3.8, 4) is 0 Å². The van der Waals surface area contributed by atoms with Crippen molar-refractivity contribution in [3.05, 3.63) is 64.7 Å². The third-order valence-electron chi connectivity index (χ3n) is 5.55. The number of aromatic nitrogens is 1. The molecule has 2 aromatic rings. The number of aliphatic hydroxyl groups is 1. The van der Waals surface area contributed by atoms with Crippen LogP contribution in [0, 0.1) is 19.7 Å². The molecule has 0 unspecified atom stereocenters. The van der Waals surface area contributed by atoms with Crippen molar-refractivity contribution in [1.29, 1.82) is 0 Å². The molecule has 2 amide bonds. The van der Waals surface area contributed by atoms with Gasteiger partial charge in [-0.15, -0.1) is 6.58 Å². The fourth-order valence-electron chi connectivity index (χ4n) is 3.45. The van der Waals surface area contributed by atoms with Gasteiger partial charge in [0.1, 0.15) is 11.5 Å². The number of Topliss-reactive ketones (excluding diaryl/α,β-unsaturated/α-hetero) is 1. The zero-order valence-electron chi connectivity index (χ0n) is 19.0. The summed E-state index contributed by atoms with van der Waals surface area (Å²) in [5.41, 5.74) is -6.29. The Kier molecular flexibility index (Phi) is 7.74. The van der Waals surface area contributed by atoms with Crippen LogP contribution in [0.2, 0.25) is 0 Å². The first-order valence-corrected chi connectivity index (χ1v) is 9.93. The quantitative estimate of drug-likeness (QED) is 0.222. The largest absolute Gasteiger partial charge is 0.419 e. The van der Waals surface area contributed by atoms with Gasteiger partial charge in [0.25, 0.3) is 17.6 Å². The highest BCUT2D eigenvalue weighted by molar-refractivity contribution is 6.44. The van der Waals surface area contributed by atoms with Crippen molar-refractivity contribution in [3.63, 3.8) is 0 Å². The van der Waals surface area contributed by atoms with Crippen LogP contribution in [0.25, 0.3) is 0 Å². The molecule has 0 saturated heterocycles. The van der Waals surface area contributed by atoms with Gasteiger partial charge in [0.05, 0.1) is 17.7 Å². The minimum atomic E-state index is -5.20. The van der Waals surface area contributed by atoms with Gasteiger partial charge in [-0.25, -0.2) is 4.39 Å². The summed E-state index contributed by atoms with van der Waals surface area (Å²) >= 11 is 0. The maximum atomic E-state index is 13.5. The molecule has 0 aliphatic heterocycles. The number of amides is 2. The van der Waals surface area contributed by atoms with Crippen molar-refractivity contribution in [2.24, 2.45) is 7.05 Å². The number of halogens is 7. The number of hydrogen-bond acceptors (Lipinski definition) is 4. The molecule has 0 aliphatic rings. The molecular formula is C22H20F7N3O4. The van der Waals surface area contributed by atoms with E-state index in [-0.39, 0.29) is 23.0 Å². The van der Waals surface area contributed by atoms with Crippen LogP contribution >= 0.6 is 0 Å². The van der Waals surface area contributed by atoms with E-state index in [0.717, 1.165) is 10.6 Å². The average Bonchev–Trinajstić information content (AvgIpc) is 2.99. The van der Waals surface area contributed by atoms with Crippen LogP contribution in [0.1, 0.15) is 37.7 Å². The summed E-state index contributed by atoms with van der Waals surface area (Å²) in [5.74, 6) is -5.82. The van der Waals surface area contributed by atoms with Crippen LogP contribution in [0.3, 0.4) is 0 Å². The predicted octanol–water partition coefficient (Wildman–Crippen LogP) is 3.83. The third kappa shape index (κ3) is 5.12. The van der Waals surface area contributed by atoms with Gasteiger partial charge in [-0.2, -0.15) is 26.3 Å². The Bertz CT molecular complexity index is 1230. The van der Waals surface area contributed by atoms with E-state index < -0.39 is 64.7 Å². The molecule has 14 heteroatoms. The zero-order valence-corrected chi connectivity index (χ0v) is 19.0. The first kappa shape index (κ1) is 28.6. The lowest BCUT2D eigenvalue weighted by atomic mass is 9.98.